The van der Waals surface area contributed by atoms with E-state index in [1.165, 1.54) is 6.07 Å². The van der Waals surface area contributed by atoms with Crippen molar-refractivity contribution in [2.75, 3.05) is 0 Å². The predicted molar refractivity (Wildman–Crippen MR) is 59.5 cm³/mol. The van der Waals surface area contributed by atoms with Gasteiger partial charge in [-0.25, -0.2) is 0 Å². The van der Waals surface area contributed by atoms with E-state index in [4.69, 9.17) is 5.21 Å². The molecule has 0 aliphatic rings. The molecule has 0 spiro atoms. The molecular weight excluding hydrogens is 216 g/mol. The van der Waals surface area contributed by atoms with Crippen LogP contribution in [0.2, 0.25) is 0 Å². The summed E-state index contributed by atoms with van der Waals surface area (Å²) in [6.45, 7) is 3.44. The van der Waals surface area contributed by atoms with Gasteiger partial charge < -0.3 is 5.21 Å². The first kappa shape index (κ1) is 11.4. The van der Waals surface area contributed by atoms with E-state index in [9.17, 15) is 10.1 Å². The Labute approximate surface area is 90.5 Å². The molecule has 5 nitrogen and oxygen atoms in total. The maximum Gasteiger partial charge on any atom is 0.324 e. The average Bonchev–Trinajstić information content (AvgIpc) is 2.65. The van der Waals surface area contributed by atoms with Gasteiger partial charge in [-0.2, -0.15) is 0 Å². The van der Waals surface area contributed by atoms with Crippen LogP contribution in [0.3, 0.4) is 0 Å². The smallest absolute Gasteiger partial charge is 0.324 e. The average molecular weight is 226 g/mol. The molecule has 0 atom stereocenters. The Hall–Kier alpha value is -1.69. The van der Waals surface area contributed by atoms with E-state index in [0.29, 0.717) is 5.71 Å². The Morgan fingerprint density at radius 3 is 2.73 bits per heavy atom. The number of nitrogens with zero attached hydrogens (tertiary/aromatic N) is 2. The molecule has 0 fully saturated rings. The minimum Gasteiger partial charge on any atom is -0.411 e. The van der Waals surface area contributed by atoms with Crippen LogP contribution in [0.25, 0.3) is 6.08 Å². The van der Waals surface area contributed by atoms with Crippen molar-refractivity contribution in [3.05, 3.63) is 32.7 Å². The van der Waals surface area contributed by atoms with Gasteiger partial charge in [-0.3, -0.25) is 10.1 Å². The Bertz CT molecular complexity index is 434. The highest BCUT2D eigenvalue weighted by Gasteiger charge is 2.08. The Balaban J connectivity index is 2.94. The molecule has 0 saturated carbocycles. The molecule has 1 aromatic heterocycles. The van der Waals surface area contributed by atoms with E-state index < -0.39 is 4.92 Å². The summed E-state index contributed by atoms with van der Waals surface area (Å²) in [5.74, 6) is 0. The summed E-state index contributed by atoms with van der Waals surface area (Å²) in [6.07, 6.45) is 1.74. The van der Waals surface area contributed by atoms with Gasteiger partial charge in [-0.1, -0.05) is 16.5 Å². The molecule has 6 heteroatoms. The van der Waals surface area contributed by atoms with Gasteiger partial charge in [0.1, 0.15) is 0 Å². The second kappa shape index (κ2) is 4.70. The van der Waals surface area contributed by atoms with Crippen molar-refractivity contribution in [2.24, 2.45) is 5.16 Å². The lowest BCUT2D eigenvalue weighted by atomic mass is 10.2. The van der Waals surface area contributed by atoms with Crippen molar-refractivity contribution >= 4 is 28.1 Å². The second-order valence-corrected chi connectivity index (χ2v) is 4.04. The lowest BCUT2D eigenvalue weighted by Gasteiger charge is -1.95. The monoisotopic (exact) mass is 226 g/mol. The third-order valence-electron chi connectivity index (χ3n) is 1.87. The summed E-state index contributed by atoms with van der Waals surface area (Å²) < 4.78 is 0. The van der Waals surface area contributed by atoms with E-state index in [0.717, 1.165) is 21.8 Å². The van der Waals surface area contributed by atoms with Crippen LogP contribution in [0.4, 0.5) is 5.00 Å². The fourth-order valence-corrected chi connectivity index (χ4v) is 1.74. The molecule has 15 heavy (non-hydrogen) atoms. The quantitative estimate of drug-likeness (QED) is 0.372. The van der Waals surface area contributed by atoms with E-state index in [-0.39, 0.29) is 5.00 Å². The van der Waals surface area contributed by atoms with Crippen LogP contribution in [0.15, 0.2) is 22.9 Å². The molecule has 80 valence electrons. The lowest BCUT2D eigenvalue weighted by Crippen LogP contribution is -1.91. The second-order valence-electron chi connectivity index (χ2n) is 2.95. The summed E-state index contributed by atoms with van der Waals surface area (Å²) >= 11 is 1.09. The molecule has 0 aromatic carbocycles. The Kier molecular flexibility index (Phi) is 3.56. The van der Waals surface area contributed by atoms with E-state index in [2.05, 4.69) is 5.16 Å². The van der Waals surface area contributed by atoms with Gasteiger partial charge in [0.05, 0.1) is 10.6 Å². The largest absolute Gasteiger partial charge is 0.411 e. The van der Waals surface area contributed by atoms with E-state index in [1.54, 1.807) is 26.0 Å². The molecule has 1 aromatic rings. The highest BCUT2D eigenvalue weighted by molar-refractivity contribution is 7.16. The topological polar surface area (TPSA) is 75.7 Å². The normalized spacial score (nSPS) is 12.9. The van der Waals surface area contributed by atoms with Crippen LogP contribution in [0, 0.1) is 10.1 Å². The van der Waals surface area contributed by atoms with Gasteiger partial charge in [-0.15, -0.1) is 0 Å². The summed E-state index contributed by atoms with van der Waals surface area (Å²) in [5.41, 5.74) is 1.26. The van der Waals surface area contributed by atoms with Crippen LogP contribution >= 0.6 is 11.3 Å². The fraction of sp³-hybridized carbons (Fsp3) is 0.222. The van der Waals surface area contributed by atoms with Crippen LogP contribution in [-0.4, -0.2) is 15.8 Å². The summed E-state index contributed by atoms with van der Waals surface area (Å²) in [7, 11) is 0. The molecule has 0 aliphatic carbocycles. The van der Waals surface area contributed by atoms with E-state index >= 15 is 0 Å². The zero-order valence-corrected chi connectivity index (χ0v) is 9.11. The number of thiophene rings is 1. The van der Waals surface area contributed by atoms with Crippen molar-refractivity contribution < 1.29 is 10.1 Å². The number of oxime groups is 1. The van der Waals surface area contributed by atoms with Crippen molar-refractivity contribution in [1.29, 1.82) is 0 Å². The first-order valence-corrected chi connectivity index (χ1v) is 4.98. The first-order valence-electron chi connectivity index (χ1n) is 4.16. The van der Waals surface area contributed by atoms with Crippen LogP contribution in [0.1, 0.15) is 18.7 Å². The minimum absolute atomic E-state index is 0.104. The zero-order valence-electron chi connectivity index (χ0n) is 8.30. The lowest BCUT2D eigenvalue weighted by molar-refractivity contribution is -0.380. The standard InChI is InChI=1S/C9H10N2O3S/c1-6(7(2)10-12)5-8-3-4-9(15-8)11(13)14/h3-5,12H,1-2H3/b6-5-,10-7+. The number of nitro groups is 1. The highest BCUT2D eigenvalue weighted by Crippen LogP contribution is 2.25. The van der Waals surface area contributed by atoms with Gasteiger partial charge in [0, 0.05) is 10.9 Å². The van der Waals surface area contributed by atoms with Crippen LogP contribution in [-0.2, 0) is 0 Å². The minimum atomic E-state index is -0.426. The molecule has 1 rings (SSSR count). The Morgan fingerprint density at radius 1 is 1.60 bits per heavy atom. The number of rotatable bonds is 3. The summed E-state index contributed by atoms with van der Waals surface area (Å²) in [6, 6.07) is 3.12. The third kappa shape index (κ3) is 2.88. The van der Waals surface area contributed by atoms with Crippen molar-refractivity contribution in [3.8, 4) is 0 Å². The maximum absolute atomic E-state index is 10.4. The van der Waals surface area contributed by atoms with Crippen molar-refractivity contribution in [3.63, 3.8) is 0 Å². The van der Waals surface area contributed by atoms with Crippen LogP contribution in [0.5, 0.6) is 0 Å². The third-order valence-corrected chi connectivity index (χ3v) is 2.86. The maximum atomic E-state index is 10.4. The molecule has 0 radical (unpaired) electrons. The molecule has 0 saturated heterocycles. The van der Waals surface area contributed by atoms with Gasteiger partial charge in [0.15, 0.2) is 0 Å². The van der Waals surface area contributed by atoms with E-state index in [1.807, 2.05) is 0 Å². The zero-order chi connectivity index (χ0) is 11.4. The number of allylic oxidation sites excluding steroid dienone is 1. The van der Waals surface area contributed by atoms with Gasteiger partial charge in [0.25, 0.3) is 0 Å². The molecular formula is C9H10N2O3S. The molecule has 1 N–H and O–H groups in total. The van der Waals surface area contributed by atoms with Crippen molar-refractivity contribution in [1.82, 2.24) is 0 Å². The van der Waals surface area contributed by atoms with Crippen LogP contribution < -0.4 is 0 Å². The van der Waals surface area contributed by atoms with Crippen molar-refractivity contribution in [2.45, 2.75) is 13.8 Å². The SMILES string of the molecule is CC(=C/c1ccc([N+](=O)[O-])s1)/C(C)=N/O. The molecule has 0 aliphatic heterocycles. The molecule has 0 amide bonds. The summed E-state index contributed by atoms with van der Waals surface area (Å²) in [4.78, 5) is 10.8. The van der Waals surface area contributed by atoms with Gasteiger partial charge in [0.2, 0.25) is 0 Å². The molecule has 1 heterocycles. The van der Waals surface area contributed by atoms with Gasteiger partial charge >= 0.3 is 5.00 Å². The Morgan fingerprint density at radius 2 is 2.27 bits per heavy atom. The molecule has 0 bridgehead atoms. The summed E-state index contributed by atoms with van der Waals surface area (Å²) in [5, 5.41) is 22.1. The van der Waals surface area contributed by atoms with Gasteiger partial charge in [-0.05, 0) is 31.6 Å². The number of hydrogen-bond donors (Lipinski definition) is 1. The predicted octanol–water partition coefficient (Wildman–Crippen LogP) is 2.91. The first-order chi connectivity index (χ1) is 7.04. The number of hydrogen-bond acceptors (Lipinski definition) is 5. The highest BCUT2D eigenvalue weighted by atomic mass is 32.1. The molecule has 0 unspecified atom stereocenters. The fourth-order valence-electron chi connectivity index (χ4n) is 0.915.